The van der Waals surface area contributed by atoms with Crippen LogP contribution in [0.5, 0.6) is 0 Å². The fourth-order valence-corrected chi connectivity index (χ4v) is 6.05. The highest BCUT2D eigenvalue weighted by Crippen LogP contribution is 2.50. The Morgan fingerprint density at radius 1 is 1.00 bits per heavy atom. The molecular weight excluding hydrogens is 332 g/mol. The zero-order valence-corrected chi connectivity index (χ0v) is 15.5. The third kappa shape index (κ3) is 2.53. The molecule has 2 aliphatic rings. The van der Waals surface area contributed by atoms with Crippen LogP contribution in [0.2, 0.25) is 0 Å². The molecule has 0 spiro atoms. The number of sulfone groups is 1. The molecular formula is C20H25N2O2S+. The van der Waals surface area contributed by atoms with Gasteiger partial charge >= 0.3 is 0 Å². The van der Waals surface area contributed by atoms with E-state index in [9.17, 15) is 8.42 Å². The van der Waals surface area contributed by atoms with Crippen LogP contribution in [-0.4, -0.2) is 34.6 Å². The molecule has 1 aliphatic carbocycles. The van der Waals surface area contributed by atoms with Crippen molar-refractivity contribution in [2.24, 2.45) is 5.73 Å². The van der Waals surface area contributed by atoms with Crippen molar-refractivity contribution in [3.05, 3.63) is 54.1 Å². The second-order valence-electron chi connectivity index (χ2n) is 7.82. The normalized spacial score (nSPS) is 27.6. The number of benzene rings is 2. The van der Waals surface area contributed by atoms with E-state index < -0.39 is 9.84 Å². The summed E-state index contributed by atoms with van der Waals surface area (Å²) in [5.74, 6) is 0.347. The summed E-state index contributed by atoms with van der Waals surface area (Å²) < 4.78 is 26.8. The third-order valence-corrected chi connectivity index (χ3v) is 7.83. The molecule has 1 heterocycles. The second-order valence-corrected chi connectivity index (χ2v) is 9.77. The Morgan fingerprint density at radius 2 is 1.72 bits per heavy atom. The first-order valence-corrected chi connectivity index (χ1v) is 10.3. The minimum absolute atomic E-state index is 0.210. The van der Waals surface area contributed by atoms with Crippen LogP contribution in [0.3, 0.4) is 0 Å². The highest BCUT2D eigenvalue weighted by atomic mass is 32.2. The summed E-state index contributed by atoms with van der Waals surface area (Å²) in [5.41, 5.74) is 8.63. The quantitative estimate of drug-likeness (QED) is 0.841. The van der Waals surface area contributed by atoms with Gasteiger partial charge in [0, 0.05) is 30.0 Å². The van der Waals surface area contributed by atoms with Crippen molar-refractivity contribution in [2.45, 2.75) is 47.1 Å². The van der Waals surface area contributed by atoms with Gasteiger partial charge in [0.1, 0.15) is 11.7 Å². The Hall–Kier alpha value is -1.69. The number of fused-ring (bicyclic) bond motifs is 3. The third-order valence-electron chi connectivity index (χ3n) is 6.07. The SMILES string of the molecule is C[N+]1(C)c2ccc(S(=O)(=O)c3ccccc3)cc2C2C[C@@H](N)CCC21. The lowest BCUT2D eigenvalue weighted by Crippen LogP contribution is -2.51. The summed E-state index contributed by atoms with van der Waals surface area (Å²) in [4.78, 5) is 0.732. The van der Waals surface area contributed by atoms with Crippen molar-refractivity contribution in [1.29, 1.82) is 0 Å². The van der Waals surface area contributed by atoms with Crippen LogP contribution >= 0.6 is 0 Å². The standard InChI is InChI=1S/C20H25N2O2S/c1-22(2)19-10-8-14(21)12-17(19)18-13-16(9-11-20(18)22)25(23,24)15-6-4-3-5-7-15/h3-7,9,11,13-14,17,19H,8,10,12,21H2,1-2H3/q+1/t14-,17?,19?/m0/s1. The Bertz CT molecular complexity index is 907. The molecule has 2 N–H and O–H groups in total. The first kappa shape index (κ1) is 16.8. The zero-order valence-electron chi connectivity index (χ0n) is 14.7. The fraction of sp³-hybridized carbons (Fsp3) is 0.400. The van der Waals surface area contributed by atoms with Gasteiger partial charge in [-0.3, -0.25) is 4.48 Å². The number of hydrogen-bond acceptors (Lipinski definition) is 3. The molecule has 2 aromatic rings. The van der Waals surface area contributed by atoms with Gasteiger partial charge in [0.25, 0.3) is 0 Å². The lowest BCUT2D eigenvalue weighted by Gasteiger charge is -2.38. The molecule has 2 aromatic carbocycles. The molecule has 25 heavy (non-hydrogen) atoms. The molecule has 1 aliphatic heterocycles. The van der Waals surface area contributed by atoms with Crippen LogP contribution in [-0.2, 0) is 9.84 Å². The lowest BCUT2D eigenvalue weighted by atomic mass is 9.80. The van der Waals surface area contributed by atoms with Crippen LogP contribution in [0.25, 0.3) is 0 Å². The number of hydrogen-bond donors (Lipinski definition) is 1. The summed E-state index contributed by atoms with van der Waals surface area (Å²) in [6, 6.07) is 15.0. The topological polar surface area (TPSA) is 60.2 Å². The highest BCUT2D eigenvalue weighted by Gasteiger charge is 2.50. The molecule has 0 bridgehead atoms. The molecule has 2 unspecified atom stereocenters. The van der Waals surface area contributed by atoms with E-state index in [4.69, 9.17) is 5.73 Å². The molecule has 0 aromatic heterocycles. The van der Waals surface area contributed by atoms with Gasteiger partial charge in [0.15, 0.2) is 0 Å². The number of rotatable bonds is 2. The van der Waals surface area contributed by atoms with Crippen LogP contribution in [0, 0.1) is 0 Å². The van der Waals surface area contributed by atoms with Gasteiger partial charge in [-0.05, 0) is 37.1 Å². The molecule has 5 heteroatoms. The number of likely N-dealkylation sites (N-methyl/N-ethyl adjacent to an activating group) is 1. The summed E-state index contributed by atoms with van der Waals surface area (Å²) in [7, 11) is 0.968. The van der Waals surface area contributed by atoms with E-state index >= 15 is 0 Å². The van der Waals surface area contributed by atoms with Gasteiger partial charge in [0.2, 0.25) is 9.84 Å². The van der Waals surface area contributed by atoms with E-state index in [-0.39, 0.29) is 6.04 Å². The monoisotopic (exact) mass is 357 g/mol. The van der Waals surface area contributed by atoms with Crippen LogP contribution < -0.4 is 10.2 Å². The van der Waals surface area contributed by atoms with Crippen LogP contribution in [0.4, 0.5) is 5.69 Å². The molecule has 0 radical (unpaired) electrons. The van der Waals surface area contributed by atoms with E-state index in [1.807, 2.05) is 18.2 Å². The van der Waals surface area contributed by atoms with E-state index in [0.717, 1.165) is 23.7 Å². The number of nitrogens with two attached hydrogens (primary N) is 1. The van der Waals surface area contributed by atoms with Crippen molar-refractivity contribution in [3.63, 3.8) is 0 Å². The van der Waals surface area contributed by atoms with Gasteiger partial charge in [-0.1, -0.05) is 18.2 Å². The Balaban J connectivity index is 1.83. The maximum Gasteiger partial charge on any atom is 0.206 e. The summed E-state index contributed by atoms with van der Waals surface area (Å²) >= 11 is 0. The average Bonchev–Trinajstić information content (AvgIpc) is 2.82. The number of nitrogens with zero attached hydrogens (tertiary/aromatic N) is 1. The second kappa shape index (κ2) is 5.66. The number of quaternary nitrogens is 1. The highest BCUT2D eigenvalue weighted by molar-refractivity contribution is 7.91. The van der Waals surface area contributed by atoms with Gasteiger partial charge in [-0.15, -0.1) is 0 Å². The first-order chi connectivity index (χ1) is 11.8. The van der Waals surface area contributed by atoms with Gasteiger partial charge < -0.3 is 5.73 Å². The molecule has 3 atom stereocenters. The molecule has 0 saturated heterocycles. The van der Waals surface area contributed by atoms with Gasteiger partial charge in [-0.2, -0.15) is 0 Å². The molecule has 132 valence electrons. The Kier molecular flexibility index (Phi) is 3.79. The van der Waals surface area contributed by atoms with Gasteiger partial charge in [-0.25, -0.2) is 8.42 Å². The van der Waals surface area contributed by atoms with Crippen LogP contribution in [0.15, 0.2) is 58.3 Å². The van der Waals surface area contributed by atoms with Crippen LogP contribution in [0.1, 0.15) is 30.7 Å². The first-order valence-electron chi connectivity index (χ1n) is 8.85. The summed E-state index contributed by atoms with van der Waals surface area (Å²) in [6.07, 6.45) is 3.08. The Labute approximate surface area is 149 Å². The molecule has 0 amide bonds. The minimum atomic E-state index is -3.49. The maximum absolute atomic E-state index is 13.0. The Morgan fingerprint density at radius 3 is 2.44 bits per heavy atom. The smallest absolute Gasteiger partial charge is 0.206 e. The summed E-state index contributed by atoms with van der Waals surface area (Å²) in [5, 5.41) is 0. The summed E-state index contributed by atoms with van der Waals surface area (Å²) in [6.45, 7) is 0. The average molecular weight is 357 g/mol. The van der Waals surface area contributed by atoms with Crippen molar-refractivity contribution in [1.82, 2.24) is 4.48 Å². The minimum Gasteiger partial charge on any atom is -0.328 e. The van der Waals surface area contributed by atoms with E-state index in [2.05, 4.69) is 14.1 Å². The fourth-order valence-electron chi connectivity index (χ4n) is 4.73. The van der Waals surface area contributed by atoms with E-state index in [0.29, 0.717) is 21.8 Å². The zero-order chi connectivity index (χ0) is 17.8. The molecule has 4 rings (SSSR count). The molecule has 1 fully saturated rings. The van der Waals surface area contributed by atoms with E-state index in [1.54, 1.807) is 30.3 Å². The lowest BCUT2D eigenvalue weighted by molar-refractivity contribution is 0.217. The van der Waals surface area contributed by atoms with Crippen molar-refractivity contribution in [2.75, 3.05) is 14.1 Å². The van der Waals surface area contributed by atoms with E-state index in [1.165, 1.54) is 11.3 Å². The predicted molar refractivity (Wildman–Crippen MR) is 100 cm³/mol. The van der Waals surface area contributed by atoms with Crippen molar-refractivity contribution in [3.8, 4) is 0 Å². The molecule has 1 saturated carbocycles. The van der Waals surface area contributed by atoms with Crippen molar-refractivity contribution >= 4 is 15.5 Å². The predicted octanol–water partition coefficient (Wildman–Crippen LogP) is 3.06. The maximum atomic E-state index is 13.0. The van der Waals surface area contributed by atoms with Gasteiger partial charge in [0.05, 0.1) is 23.9 Å². The molecule has 4 nitrogen and oxygen atoms in total. The van der Waals surface area contributed by atoms with Crippen molar-refractivity contribution < 1.29 is 8.42 Å². The largest absolute Gasteiger partial charge is 0.328 e.